The highest BCUT2D eigenvalue weighted by Gasteiger charge is 2.32. The van der Waals surface area contributed by atoms with Gasteiger partial charge in [0, 0.05) is 37.8 Å². The first kappa shape index (κ1) is 26.8. The van der Waals surface area contributed by atoms with Crippen molar-refractivity contribution in [2.24, 2.45) is 11.8 Å². The van der Waals surface area contributed by atoms with Crippen molar-refractivity contribution in [3.05, 3.63) is 47.8 Å². The summed E-state index contributed by atoms with van der Waals surface area (Å²) < 4.78 is 16.9. The Bertz CT molecular complexity index is 935. The van der Waals surface area contributed by atoms with E-state index in [4.69, 9.17) is 14.2 Å². The van der Waals surface area contributed by atoms with E-state index in [1.807, 2.05) is 45.3 Å². The second kappa shape index (κ2) is 13.3. The summed E-state index contributed by atoms with van der Waals surface area (Å²) in [6, 6.07) is 9.88. The standard InChI is InChI=1S/C27H40N4O4/c1-20-7-9-24(15-29-20)35-19-22-13-23(27(32)28-11-6-12-30(2)3)18-31(17-22)16-21-8-10-25(33-4)26(14-21)34-5/h7-10,14-15,22-23H,6,11-13,16-19H2,1-5H3,(H,28,32)/t22-,23+/m0/s1. The van der Waals surface area contributed by atoms with E-state index < -0.39 is 0 Å². The Morgan fingerprint density at radius 1 is 1.14 bits per heavy atom. The third kappa shape index (κ3) is 8.40. The molecule has 1 fully saturated rings. The molecule has 1 saturated heterocycles. The van der Waals surface area contributed by atoms with E-state index in [0.717, 1.165) is 56.0 Å². The first-order valence-electron chi connectivity index (χ1n) is 12.3. The fourth-order valence-electron chi connectivity index (χ4n) is 4.48. The molecule has 2 atom stereocenters. The third-order valence-corrected chi connectivity index (χ3v) is 6.29. The molecule has 0 aliphatic carbocycles. The molecule has 192 valence electrons. The molecular weight excluding hydrogens is 444 g/mol. The zero-order valence-electron chi connectivity index (χ0n) is 21.8. The molecule has 2 heterocycles. The SMILES string of the molecule is COc1ccc(CN2C[C@@H](COc3ccc(C)nc3)C[C@@H](C(=O)NCCCN(C)C)C2)cc1OC. The number of nitrogens with one attached hydrogen (secondary N) is 1. The quantitative estimate of drug-likeness (QED) is 0.464. The Morgan fingerprint density at radius 3 is 2.63 bits per heavy atom. The van der Waals surface area contributed by atoms with Crippen molar-refractivity contribution in [2.45, 2.75) is 26.3 Å². The number of amides is 1. The molecule has 1 aliphatic heterocycles. The van der Waals surface area contributed by atoms with Gasteiger partial charge < -0.3 is 24.4 Å². The van der Waals surface area contributed by atoms with Crippen LogP contribution in [0.5, 0.6) is 17.2 Å². The minimum atomic E-state index is -0.0759. The molecule has 0 bridgehead atoms. The van der Waals surface area contributed by atoms with E-state index in [0.29, 0.717) is 24.7 Å². The number of benzene rings is 1. The van der Waals surface area contributed by atoms with E-state index in [-0.39, 0.29) is 17.7 Å². The smallest absolute Gasteiger partial charge is 0.224 e. The molecule has 0 unspecified atom stereocenters. The molecule has 1 aromatic heterocycles. The highest BCUT2D eigenvalue weighted by molar-refractivity contribution is 5.79. The number of rotatable bonds is 12. The maximum absolute atomic E-state index is 13.0. The lowest BCUT2D eigenvalue weighted by molar-refractivity contribution is -0.127. The van der Waals surface area contributed by atoms with Gasteiger partial charge in [-0.1, -0.05) is 6.07 Å². The normalized spacial score (nSPS) is 18.3. The second-order valence-corrected chi connectivity index (χ2v) is 9.58. The number of hydrogen-bond donors (Lipinski definition) is 1. The van der Waals surface area contributed by atoms with E-state index >= 15 is 0 Å². The Hall–Kier alpha value is -2.84. The predicted octanol–water partition coefficient (Wildman–Crippen LogP) is 2.99. The highest BCUT2D eigenvalue weighted by atomic mass is 16.5. The summed E-state index contributed by atoms with van der Waals surface area (Å²) in [5.74, 6) is 2.47. The first-order valence-corrected chi connectivity index (χ1v) is 12.3. The number of carbonyl (C=O) groups is 1. The maximum atomic E-state index is 13.0. The first-order chi connectivity index (χ1) is 16.9. The Labute approximate surface area is 209 Å². The van der Waals surface area contributed by atoms with E-state index in [1.165, 1.54) is 0 Å². The van der Waals surface area contributed by atoms with Gasteiger partial charge in [0.2, 0.25) is 5.91 Å². The van der Waals surface area contributed by atoms with E-state index in [9.17, 15) is 4.79 Å². The van der Waals surface area contributed by atoms with E-state index in [2.05, 4.69) is 26.2 Å². The summed E-state index contributed by atoms with van der Waals surface area (Å²) in [5, 5.41) is 3.15. The molecule has 0 spiro atoms. The van der Waals surface area contributed by atoms with Crippen LogP contribution in [0.4, 0.5) is 0 Å². The number of aryl methyl sites for hydroxylation is 1. The van der Waals surface area contributed by atoms with Crippen LogP contribution < -0.4 is 19.5 Å². The van der Waals surface area contributed by atoms with Gasteiger partial charge >= 0.3 is 0 Å². The van der Waals surface area contributed by atoms with Crippen molar-refractivity contribution in [3.8, 4) is 17.2 Å². The Balaban J connectivity index is 1.66. The van der Waals surface area contributed by atoms with Crippen molar-refractivity contribution in [3.63, 3.8) is 0 Å². The second-order valence-electron chi connectivity index (χ2n) is 9.58. The van der Waals surface area contributed by atoms with Gasteiger partial charge in [0.05, 0.1) is 32.9 Å². The van der Waals surface area contributed by atoms with Crippen LogP contribution in [0.15, 0.2) is 36.5 Å². The largest absolute Gasteiger partial charge is 0.493 e. The monoisotopic (exact) mass is 484 g/mol. The number of hydrogen-bond acceptors (Lipinski definition) is 7. The predicted molar refractivity (Wildman–Crippen MR) is 137 cm³/mol. The number of ether oxygens (including phenoxy) is 3. The van der Waals surface area contributed by atoms with Crippen LogP contribution in [0.3, 0.4) is 0 Å². The number of methoxy groups -OCH3 is 2. The van der Waals surface area contributed by atoms with Crippen LogP contribution >= 0.6 is 0 Å². The van der Waals surface area contributed by atoms with Crippen molar-refractivity contribution < 1.29 is 19.0 Å². The topological polar surface area (TPSA) is 76.2 Å². The van der Waals surface area contributed by atoms with Gasteiger partial charge in [0.1, 0.15) is 5.75 Å². The van der Waals surface area contributed by atoms with Gasteiger partial charge in [0.15, 0.2) is 11.5 Å². The van der Waals surface area contributed by atoms with Gasteiger partial charge in [-0.3, -0.25) is 14.7 Å². The summed E-state index contributed by atoms with van der Waals surface area (Å²) in [4.78, 5) is 21.8. The summed E-state index contributed by atoms with van der Waals surface area (Å²) in [7, 11) is 7.37. The Kier molecular flexibility index (Phi) is 10.2. The third-order valence-electron chi connectivity index (χ3n) is 6.29. The lowest BCUT2D eigenvalue weighted by Gasteiger charge is -2.37. The fraction of sp³-hybridized carbons (Fsp3) is 0.556. The average Bonchev–Trinajstić information content (AvgIpc) is 2.85. The van der Waals surface area contributed by atoms with Crippen LogP contribution in [0.2, 0.25) is 0 Å². The average molecular weight is 485 g/mol. The zero-order valence-corrected chi connectivity index (χ0v) is 21.8. The lowest BCUT2D eigenvalue weighted by Crippen LogP contribution is -2.47. The minimum Gasteiger partial charge on any atom is -0.493 e. The number of carbonyl (C=O) groups excluding carboxylic acids is 1. The molecule has 0 saturated carbocycles. The van der Waals surface area contributed by atoms with Crippen LogP contribution in [-0.4, -0.2) is 81.8 Å². The number of pyridine rings is 1. The van der Waals surface area contributed by atoms with E-state index in [1.54, 1.807) is 20.4 Å². The summed E-state index contributed by atoms with van der Waals surface area (Å²) >= 11 is 0. The van der Waals surface area contributed by atoms with Crippen LogP contribution in [0.25, 0.3) is 0 Å². The van der Waals surface area contributed by atoms with Gasteiger partial charge in [-0.15, -0.1) is 0 Å². The molecule has 0 radical (unpaired) electrons. The highest BCUT2D eigenvalue weighted by Crippen LogP contribution is 2.30. The molecule has 3 rings (SSSR count). The minimum absolute atomic E-state index is 0.0759. The van der Waals surface area contributed by atoms with Gasteiger partial charge in [-0.2, -0.15) is 0 Å². The fourth-order valence-corrected chi connectivity index (χ4v) is 4.48. The van der Waals surface area contributed by atoms with Gasteiger partial charge in [0.25, 0.3) is 0 Å². The van der Waals surface area contributed by atoms with Gasteiger partial charge in [-0.05, 0) is 70.2 Å². The summed E-state index contributed by atoms with van der Waals surface area (Å²) in [6.45, 7) is 6.47. The molecule has 1 aliphatic rings. The molecular formula is C27H40N4O4. The van der Waals surface area contributed by atoms with Crippen molar-refractivity contribution in [1.29, 1.82) is 0 Å². The maximum Gasteiger partial charge on any atom is 0.224 e. The number of piperidine rings is 1. The number of aromatic nitrogens is 1. The molecule has 1 amide bonds. The summed E-state index contributed by atoms with van der Waals surface area (Å²) in [6.07, 6.45) is 3.50. The van der Waals surface area contributed by atoms with Crippen molar-refractivity contribution >= 4 is 5.91 Å². The van der Waals surface area contributed by atoms with Gasteiger partial charge in [-0.25, -0.2) is 0 Å². The number of nitrogens with zero attached hydrogens (tertiary/aromatic N) is 3. The molecule has 8 nitrogen and oxygen atoms in total. The summed E-state index contributed by atoms with van der Waals surface area (Å²) in [5.41, 5.74) is 2.08. The van der Waals surface area contributed by atoms with Crippen molar-refractivity contribution in [2.75, 3.05) is 61.1 Å². The molecule has 8 heteroatoms. The molecule has 1 aromatic carbocycles. The lowest BCUT2D eigenvalue weighted by atomic mass is 9.88. The Morgan fingerprint density at radius 2 is 1.94 bits per heavy atom. The van der Waals surface area contributed by atoms with Crippen LogP contribution in [0, 0.1) is 18.8 Å². The molecule has 2 aromatic rings. The van der Waals surface area contributed by atoms with Crippen molar-refractivity contribution in [1.82, 2.24) is 20.1 Å². The van der Waals surface area contributed by atoms with Crippen LogP contribution in [-0.2, 0) is 11.3 Å². The molecule has 35 heavy (non-hydrogen) atoms. The van der Waals surface area contributed by atoms with Crippen LogP contribution in [0.1, 0.15) is 24.1 Å². The zero-order chi connectivity index (χ0) is 25.2. The molecule has 1 N–H and O–H groups in total. The number of likely N-dealkylation sites (tertiary alicyclic amines) is 1.